The fourth-order valence-electron chi connectivity index (χ4n) is 1.98. The lowest BCUT2D eigenvalue weighted by Crippen LogP contribution is -2.13. The Kier molecular flexibility index (Phi) is 5.04. The molecular weight excluding hydrogens is 319 g/mol. The number of benzene rings is 2. The molecule has 0 fully saturated rings. The number of ether oxygens (including phenoxy) is 1. The summed E-state index contributed by atoms with van der Waals surface area (Å²) in [5, 5.41) is 0.656. The fraction of sp³-hybridized carbons (Fsp3) is 0.200. The van der Waals surface area contributed by atoms with Crippen LogP contribution in [0.2, 0.25) is 10.0 Å². The van der Waals surface area contributed by atoms with Crippen molar-refractivity contribution in [3.8, 4) is 5.75 Å². The van der Waals surface area contributed by atoms with Gasteiger partial charge in [-0.2, -0.15) is 0 Å². The Hall–Kier alpha value is -1.36. The van der Waals surface area contributed by atoms with E-state index in [1.165, 1.54) is 6.07 Å². The lowest BCUT2D eigenvalue weighted by Gasteiger charge is -2.16. The van der Waals surface area contributed by atoms with Gasteiger partial charge in [0, 0.05) is 17.2 Å². The Morgan fingerprint density at radius 1 is 1.05 bits per heavy atom. The second-order valence-electron chi connectivity index (χ2n) is 4.42. The van der Waals surface area contributed by atoms with Crippen molar-refractivity contribution in [3.05, 3.63) is 63.1 Å². The summed E-state index contributed by atoms with van der Waals surface area (Å²) in [4.78, 5) is 0. The molecule has 2 aromatic carbocycles. The van der Waals surface area contributed by atoms with Crippen molar-refractivity contribution in [3.63, 3.8) is 0 Å². The molecule has 2 rings (SSSR count). The smallest absolute Gasteiger partial charge is 0.139 e. The van der Waals surface area contributed by atoms with E-state index in [9.17, 15) is 8.78 Å². The first kappa shape index (κ1) is 16.0. The minimum absolute atomic E-state index is 0.273. The van der Waals surface area contributed by atoms with Gasteiger partial charge in [-0.3, -0.25) is 0 Å². The van der Waals surface area contributed by atoms with Crippen LogP contribution in [0.25, 0.3) is 0 Å². The van der Waals surface area contributed by atoms with Gasteiger partial charge in [-0.25, -0.2) is 8.78 Å². The van der Waals surface area contributed by atoms with Crippen LogP contribution in [0.5, 0.6) is 5.75 Å². The molecule has 0 bridgehead atoms. The number of hydrogen-bond acceptors (Lipinski definition) is 2. The largest absolute Gasteiger partial charge is 0.492 e. The van der Waals surface area contributed by atoms with Gasteiger partial charge in [-0.15, -0.1) is 0 Å². The van der Waals surface area contributed by atoms with Gasteiger partial charge in [0.25, 0.3) is 0 Å². The summed E-state index contributed by atoms with van der Waals surface area (Å²) in [6.45, 7) is 2.26. The molecule has 0 aliphatic heterocycles. The standard InChI is InChI=1S/C15H13Cl2F2NO/c1-2-21-14-7-12(16)11(6-13(14)17)15(20)8-3-9(18)5-10(19)4-8/h3-7,15H,2,20H2,1H3. The van der Waals surface area contributed by atoms with Gasteiger partial charge < -0.3 is 10.5 Å². The predicted molar refractivity (Wildman–Crippen MR) is 80.0 cm³/mol. The van der Waals surface area contributed by atoms with Crippen molar-refractivity contribution in [1.29, 1.82) is 0 Å². The molecule has 0 aliphatic rings. The number of hydrogen-bond donors (Lipinski definition) is 1. The van der Waals surface area contributed by atoms with Gasteiger partial charge in [-0.05, 0) is 36.2 Å². The summed E-state index contributed by atoms with van der Waals surface area (Å²) < 4.78 is 31.9. The summed E-state index contributed by atoms with van der Waals surface area (Å²) in [7, 11) is 0. The Bertz CT molecular complexity index is 644. The highest BCUT2D eigenvalue weighted by atomic mass is 35.5. The molecule has 0 heterocycles. The summed E-state index contributed by atoms with van der Waals surface area (Å²) in [5.74, 6) is -0.965. The van der Waals surface area contributed by atoms with E-state index in [0.29, 0.717) is 28.0 Å². The molecule has 0 aliphatic carbocycles. The third-order valence-electron chi connectivity index (χ3n) is 2.93. The van der Waals surface area contributed by atoms with Gasteiger partial charge in [0.1, 0.15) is 17.4 Å². The molecule has 2 nitrogen and oxygen atoms in total. The molecule has 0 saturated heterocycles. The molecule has 0 spiro atoms. The van der Waals surface area contributed by atoms with E-state index >= 15 is 0 Å². The van der Waals surface area contributed by atoms with E-state index < -0.39 is 17.7 Å². The average molecular weight is 332 g/mol. The first-order valence-electron chi connectivity index (χ1n) is 6.25. The van der Waals surface area contributed by atoms with Crippen LogP contribution in [-0.4, -0.2) is 6.61 Å². The molecule has 0 saturated carbocycles. The van der Waals surface area contributed by atoms with Crippen molar-refractivity contribution < 1.29 is 13.5 Å². The first-order chi connectivity index (χ1) is 9.92. The Labute approximate surface area is 131 Å². The minimum Gasteiger partial charge on any atom is -0.492 e. The highest BCUT2D eigenvalue weighted by Gasteiger charge is 2.17. The second kappa shape index (κ2) is 6.60. The van der Waals surface area contributed by atoms with E-state index in [4.69, 9.17) is 33.7 Å². The number of nitrogens with two attached hydrogens (primary N) is 1. The Morgan fingerprint density at radius 2 is 1.67 bits per heavy atom. The third kappa shape index (κ3) is 3.64. The molecule has 21 heavy (non-hydrogen) atoms. The zero-order chi connectivity index (χ0) is 15.6. The SMILES string of the molecule is CCOc1cc(Cl)c(C(N)c2cc(F)cc(F)c2)cc1Cl. The van der Waals surface area contributed by atoms with Gasteiger partial charge in [0.2, 0.25) is 0 Å². The van der Waals surface area contributed by atoms with E-state index in [1.807, 2.05) is 6.92 Å². The van der Waals surface area contributed by atoms with Gasteiger partial charge in [0.05, 0.1) is 17.7 Å². The monoisotopic (exact) mass is 331 g/mol. The Morgan fingerprint density at radius 3 is 2.24 bits per heavy atom. The molecule has 0 amide bonds. The summed E-state index contributed by atoms with van der Waals surface area (Å²) >= 11 is 12.2. The quantitative estimate of drug-likeness (QED) is 0.879. The maximum absolute atomic E-state index is 13.3. The normalized spacial score (nSPS) is 12.3. The van der Waals surface area contributed by atoms with Crippen LogP contribution < -0.4 is 10.5 Å². The van der Waals surface area contributed by atoms with Gasteiger partial charge in [0.15, 0.2) is 0 Å². The number of halogens is 4. The zero-order valence-corrected chi connectivity index (χ0v) is 12.7. The molecule has 1 unspecified atom stereocenters. The van der Waals surface area contributed by atoms with Crippen LogP contribution in [-0.2, 0) is 0 Å². The fourth-order valence-corrected chi connectivity index (χ4v) is 2.48. The molecule has 2 N–H and O–H groups in total. The van der Waals surface area contributed by atoms with Crippen LogP contribution in [0.4, 0.5) is 8.78 Å². The zero-order valence-electron chi connectivity index (χ0n) is 11.2. The van der Waals surface area contributed by atoms with Gasteiger partial charge >= 0.3 is 0 Å². The van der Waals surface area contributed by atoms with Crippen LogP contribution in [0, 0.1) is 11.6 Å². The average Bonchev–Trinajstić information content (AvgIpc) is 2.41. The lowest BCUT2D eigenvalue weighted by atomic mass is 9.99. The molecule has 6 heteroatoms. The molecule has 2 aromatic rings. The molecular formula is C15H13Cl2F2NO. The van der Waals surface area contributed by atoms with Crippen LogP contribution in [0.15, 0.2) is 30.3 Å². The Balaban J connectivity index is 2.43. The maximum atomic E-state index is 13.3. The van der Waals surface area contributed by atoms with E-state index in [0.717, 1.165) is 18.2 Å². The van der Waals surface area contributed by atoms with E-state index in [-0.39, 0.29) is 5.56 Å². The van der Waals surface area contributed by atoms with Crippen LogP contribution in [0.3, 0.4) is 0 Å². The highest BCUT2D eigenvalue weighted by Crippen LogP contribution is 2.35. The van der Waals surface area contributed by atoms with Crippen molar-refractivity contribution >= 4 is 23.2 Å². The van der Waals surface area contributed by atoms with E-state index in [1.54, 1.807) is 6.07 Å². The van der Waals surface area contributed by atoms with Crippen LogP contribution in [0.1, 0.15) is 24.1 Å². The lowest BCUT2D eigenvalue weighted by molar-refractivity contribution is 0.340. The van der Waals surface area contributed by atoms with Crippen LogP contribution >= 0.6 is 23.2 Å². The van der Waals surface area contributed by atoms with Crippen molar-refractivity contribution in [2.45, 2.75) is 13.0 Å². The third-order valence-corrected chi connectivity index (χ3v) is 3.55. The highest BCUT2D eigenvalue weighted by molar-refractivity contribution is 6.34. The number of rotatable bonds is 4. The second-order valence-corrected chi connectivity index (χ2v) is 5.23. The van der Waals surface area contributed by atoms with Crippen molar-refractivity contribution in [2.24, 2.45) is 5.73 Å². The summed E-state index contributed by atoms with van der Waals surface area (Å²) in [6, 6.07) is 5.39. The summed E-state index contributed by atoms with van der Waals surface area (Å²) in [5.41, 5.74) is 6.77. The van der Waals surface area contributed by atoms with Crippen molar-refractivity contribution in [1.82, 2.24) is 0 Å². The van der Waals surface area contributed by atoms with Gasteiger partial charge in [-0.1, -0.05) is 23.2 Å². The minimum atomic E-state index is -0.795. The predicted octanol–water partition coefficient (Wildman–Crippen LogP) is 4.72. The summed E-state index contributed by atoms with van der Waals surface area (Å²) in [6.07, 6.45) is 0. The molecule has 1 atom stereocenters. The molecule has 0 radical (unpaired) electrons. The van der Waals surface area contributed by atoms with E-state index in [2.05, 4.69) is 0 Å². The maximum Gasteiger partial charge on any atom is 0.139 e. The van der Waals surface area contributed by atoms with Crippen molar-refractivity contribution in [2.75, 3.05) is 6.61 Å². The topological polar surface area (TPSA) is 35.2 Å². The molecule has 0 aromatic heterocycles. The first-order valence-corrected chi connectivity index (χ1v) is 7.01. The molecule has 112 valence electrons.